The Morgan fingerprint density at radius 2 is 1.47 bits per heavy atom. The zero-order chi connectivity index (χ0) is 31.8. The lowest BCUT2D eigenvalue weighted by molar-refractivity contribution is 0.0701. The number of nitrogens with one attached hydrogen (secondary N) is 1. The van der Waals surface area contributed by atoms with Crippen LogP contribution in [0.5, 0.6) is 0 Å². The summed E-state index contributed by atoms with van der Waals surface area (Å²) in [4.78, 5) is 37.1. The number of allylic oxidation sites excluding steroid dienone is 2. The van der Waals surface area contributed by atoms with Gasteiger partial charge in [-0.1, -0.05) is 103 Å². The molecule has 0 amide bonds. The summed E-state index contributed by atoms with van der Waals surface area (Å²) >= 11 is 0. The molecule has 0 radical (unpaired) electrons. The molecule has 9 nitrogen and oxygen atoms in total. The maximum Gasteiger partial charge on any atom is 0.513 e. The van der Waals surface area contributed by atoms with Gasteiger partial charge in [0.1, 0.15) is 0 Å². The molecule has 0 fully saturated rings. The first kappa shape index (κ1) is 38.9. The number of halogens is 1. The molecule has 0 saturated heterocycles. The van der Waals surface area contributed by atoms with E-state index in [0.717, 1.165) is 23.8 Å². The lowest BCUT2D eigenvalue weighted by Crippen LogP contribution is -2.31. The van der Waals surface area contributed by atoms with E-state index in [1.165, 1.54) is 83.5 Å². The Bertz CT molecular complexity index is 1080. The van der Waals surface area contributed by atoms with E-state index in [-0.39, 0.29) is 12.6 Å². The molecule has 0 spiro atoms. The zero-order valence-electron chi connectivity index (χ0n) is 27.0. The minimum absolute atomic E-state index is 0.00652. The molecular weight excluding hydrogens is 574 g/mol. The fraction of sp³-hybridized carbons (Fsp3) is 0.750. The first-order valence-electron chi connectivity index (χ1n) is 16.2. The summed E-state index contributed by atoms with van der Waals surface area (Å²) in [6.45, 7) is 8.99. The number of rotatable bonds is 25. The van der Waals surface area contributed by atoms with E-state index >= 15 is 0 Å². The summed E-state index contributed by atoms with van der Waals surface area (Å²) in [6.07, 6.45) is 22.0. The Labute approximate surface area is 257 Å². The number of nitrogens with zero attached hydrogens (tertiary/aromatic N) is 1. The maximum absolute atomic E-state index is 13.5. The molecule has 0 aliphatic carbocycles. The van der Waals surface area contributed by atoms with Crippen LogP contribution in [0.4, 0.5) is 9.18 Å². The molecule has 11 heteroatoms. The summed E-state index contributed by atoms with van der Waals surface area (Å²) in [5.74, 6) is 0.556. The molecule has 1 aromatic rings. The highest BCUT2D eigenvalue weighted by atomic mass is 31.2. The Kier molecular flexibility index (Phi) is 21.9. The van der Waals surface area contributed by atoms with E-state index in [2.05, 4.69) is 6.92 Å². The SMILES string of the molecule is CCCCCCCCCCCCCCCCOCCCOP(C)(=CC=CCn1cc(F)c(=O)[nH]c1=O)OC(=O)OC(C)C. The lowest BCUT2D eigenvalue weighted by atomic mass is 10.0. The van der Waals surface area contributed by atoms with Crippen molar-refractivity contribution >= 4 is 19.3 Å². The van der Waals surface area contributed by atoms with E-state index in [1.54, 1.807) is 38.5 Å². The van der Waals surface area contributed by atoms with E-state index in [4.69, 9.17) is 18.5 Å². The van der Waals surface area contributed by atoms with Gasteiger partial charge in [-0.3, -0.25) is 14.3 Å². The van der Waals surface area contributed by atoms with E-state index < -0.39 is 30.6 Å². The molecular formula is C32H56FN2O7P. The third kappa shape index (κ3) is 20.4. The van der Waals surface area contributed by atoms with Gasteiger partial charge in [0, 0.05) is 26.4 Å². The molecule has 1 aromatic heterocycles. The highest BCUT2D eigenvalue weighted by Crippen LogP contribution is 2.46. The number of hydrogen-bond acceptors (Lipinski definition) is 7. The van der Waals surface area contributed by atoms with E-state index in [0.29, 0.717) is 19.6 Å². The number of carbonyl (C=O) groups is 1. The van der Waals surface area contributed by atoms with Crippen molar-refractivity contribution in [2.75, 3.05) is 26.5 Å². The molecule has 1 rings (SSSR count). The number of unbranched alkanes of at least 4 members (excludes halogenated alkanes) is 13. The number of aromatic nitrogens is 2. The number of ether oxygens (including phenoxy) is 2. The third-order valence-electron chi connectivity index (χ3n) is 6.77. The zero-order valence-corrected chi connectivity index (χ0v) is 27.8. The van der Waals surface area contributed by atoms with Crippen LogP contribution in [0.3, 0.4) is 0 Å². The first-order valence-corrected chi connectivity index (χ1v) is 18.3. The molecule has 1 atom stereocenters. The van der Waals surface area contributed by atoms with Crippen LogP contribution in [0, 0.1) is 5.82 Å². The fourth-order valence-electron chi connectivity index (χ4n) is 4.38. The van der Waals surface area contributed by atoms with E-state index in [9.17, 15) is 18.8 Å². The molecule has 43 heavy (non-hydrogen) atoms. The lowest BCUT2D eigenvalue weighted by Gasteiger charge is -2.21. The van der Waals surface area contributed by atoms with Gasteiger partial charge >= 0.3 is 11.8 Å². The fourth-order valence-corrected chi connectivity index (χ4v) is 5.84. The van der Waals surface area contributed by atoms with Crippen molar-refractivity contribution in [3.63, 3.8) is 0 Å². The minimum atomic E-state index is -2.79. The predicted molar refractivity (Wildman–Crippen MR) is 174 cm³/mol. The van der Waals surface area contributed by atoms with Crippen LogP contribution in [0.1, 0.15) is 117 Å². The highest BCUT2D eigenvalue weighted by Gasteiger charge is 2.19. The van der Waals surface area contributed by atoms with Gasteiger partial charge < -0.3 is 18.5 Å². The van der Waals surface area contributed by atoms with Crippen molar-refractivity contribution in [1.82, 2.24) is 9.55 Å². The summed E-state index contributed by atoms with van der Waals surface area (Å²) in [5, 5.41) is 0. The molecule has 0 aliphatic rings. The van der Waals surface area contributed by atoms with Gasteiger partial charge in [-0.05, 0) is 32.5 Å². The van der Waals surface area contributed by atoms with Gasteiger partial charge in [0.15, 0.2) is 7.34 Å². The average Bonchev–Trinajstić information content (AvgIpc) is 2.94. The van der Waals surface area contributed by atoms with Crippen molar-refractivity contribution < 1.29 is 27.7 Å². The third-order valence-corrected chi connectivity index (χ3v) is 8.69. The number of hydrogen-bond donors (Lipinski definition) is 1. The predicted octanol–water partition coefficient (Wildman–Crippen LogP) is 7.98. The van der Waals surface area contributed by atoms with Gasteiger partial charge in [0.25, 0.3) is 5.56 Å². The van der Waals surface area contributed by atoms with Crippen LogP contribution >= 0.6 is 7.34 Å². The monoisotopic (exact) mass is 630 g/mol. The largest absolute Gasteiger partial charge is 0.513 e. The second-order valence-electron chi connectivity index (χ2n) is 11.3. The summed E-state index contributed by atoms with van der Waals surface area (Å²) in [5.41, 5.74) is -1.79. The van der Waals surface area contributed by atoms with Crippen LogP contribution < -0.4 is 11.2 Å². The number of aromatic amines is 1. The van der Waals surface area contributed by atoms with Crippen molar-refractivity contribution in [2.45, 2.75) is 130 Å². The smallest absolute Gasteiger partial charge is 0.431 e. The van der Waals surface area contributed by atoms with Gasteiger partial charge in [-0.25, -0.2) is 9.59 Å². The van der Waals surface area contributed by atoms with Crippen molar-refractivity contribution in [3.8, 4) is 0 Å². The normalized spacial score (nSPS) is 13.0. The van der Waals surface area contributed by atoms with Crippen LogP contribution in [-0.2, 0) is 25.1 Å². The van der Waals surface area contributed by atoms with Gasteiger partial charge in [0.2, 0.25) is 5.82 Å². The Hall–Kier alpha value is -2.16. The van der Waals surface area contributed by atoms with Gasteiger partial charge in [0.05, 0.1) is 18.9 Å². The Balaban J connectivity index is 2.27. The van der Waals surface area contributed by atoms with Crippen molar-refractivity contribution in [1.29, 1.82) is 0 Å². The quantitative estimate of drug-likeness (QED) is 0.0663. The average molecular weight is 631 g/mol. The summed E-state index contributed by atoms with van der Waals surface area (Å²) in [7, 11) is -2.79. The van der Waals surface area contributed by atoms with Crippen molar-refractivity contribution in [2.24, 2.45) is 0 Å². The second kappa shape index (κ2) is 24.2. The van der Waals surface area contributed by atoms with Gasteiger partial charge in [-0.15, -0.1) is 0 Å². The molecule has 1 heterocycles. The molecule has 0 aromatic carbocycles. The summed E-state index contributed by atoms with van der Waals surface area (Å²) < 4.78 is 36.8. The molecule has 0 bridgehead atoms. The van der Waals surface area contributed by atoms with Gasteiger partial charge in [-0.2, -0.15) is 4.39 Å². The van der Waals surface area contributed by atoms with Crippen LogP contribution in [0.15, 0.2) is 27.9 Å². The standard InChI is InChI=1S/C32H56FN2O7P/c1-5-6-7-8-9-10-11-12-13-14-15-16-17-19-23-39-24-21-25-40-43(4,42-32(38)41-28(2)3)26-20-18-22-35-27-29(33)30(36)34-31(35)37/h18,20,26-28H,5-17,19,21-25H2,1-4H3,(H,34,36,37). The first-order chi connectivity index (χ1) is 20.7. The topological polar surface area (TPSA) is 109 Å². The molecule has 0 aliphatic heterocycles. The molecule has 1 N–H and O–H groups in total. The molecule has 0 saturated carbocycles. The van der Waals surface area contributed by atoms with Crippen LogP contribution in [0.2, 0.25) is 0 Å². The minimum Gasteiger partial charge on any atom is -0.431 e. The molecule has 248 valence electrons. The highest BCUT2D eigenvalue weighted by molar-refractivity contribution is 7.65. The second-order valence-corrected chi connectivity index (χ2v) is 13.8. The summed E-state index contributed by atoms with van der Waals surface area (Å²) in [6, 6.07) is 0. The van der Waals surface area contributed by atoms with Crippen LogP contribution in [-0.4, -0.2) is 54.1 Å². The van der Waals surface area contributed by atoms with Crippen molar-refractivity contribution in [3.05, 3.63) is 45.0 Å². The Morgan fingerprint density at radius 1 is 0.907 bits per heavy atom. The number of carbonyl (C=O) groups excluding carboxylic acids is 1. The maximum atomic E-state index is 13.5. The Morgan fingerprint density at radius 3 is 2.05 bits per heavy atom. The van der Waals surface area contributed by atoms with Crippen LogP contribution in [0.25, 0.3) is 0 Å². The molecule has 1 unspecified atom stereocenters. The van der Waals surface area contributed by atoms with E-state index in [1.807, 2.05) is 4.98 Å². The number of H-pyrrole nitrogens is 1.